The van der Waals surface area contributed by atoms with E-state index in [9.17, 15) is 28.3 Å². The molecule has 41 heavy (non-hydrogen) atoms. The lowest BCUT2D eigenvalue weighted by molar-refractivity contribution is -0.147. The van der Waals surface area contributed by atoms with Crippen LogP contribution in [0.3, 0.4) is 0 Å². The second kappa shape index (κ2) is 13.7. The average molecular weight is 582 g/mol. The van der Waals surface area contributed by atoms with Gasteiger partial charge in [0, 0.05) is 11.8 Å². The number of benzene rings is 3. The summed E-state index contributed by atoms with van der Waals surface area (Å²) in [5, 5.41) is 16.7. The number of thioether (sulfide) groups is 1. The third-order valence-corrected chi connectivity index (χ3v) is 8.36. The third kappa shape index (κ3) is 7.71. The fraction of sp³-hybridized carbons (Fsp3) is 0.323. The molecule has 0 bridgehead atoms. The van der Waals surface area contributed by atoms with E-state index < -0.39 is 41.6 Å². The minimum Gasteiger partial charge on any atom is -0.381 e. The van der Waals surface area contributed by atoms with Gasteiger partial charge in [-0.3, -0.25) is 14.4 Å². The van der Waals surface area contributed by atoms with Crippen molar-refractivity contribution in [2.75, 3.05) is 5.88 Å². The Morgan fingerprint density at radius 1 is 1.00 bits per heavy atom. The first-order chi connectivity index (χ1) is 19.6. The summed E-state index contributed by atoms with van der Waals surface area (Å²) in [6.07, 6.45) is -1.79. The Bertz CT molecular complexity index is 1390. The van der Waals surface area contributed by atoms with Gasteiger partial charge in [0.25, 0.3) is 5.91 Å². The highest BCUT2D eigenvalue weighted by molar-refractivity contribution is 8.00. The number of rotatable bonds is 10. The van der Waals surface area contributed by atoms with E-state index in [1.807, 2.05) is 44.2 Å². The molecule has 4 rings (SSSR count). The molecule has 3 N–H and O–H groups in total. The number of carbonyl (C=O) groups is 3. The minimum atomic E-state index is -1.65. The fourth-order valence-electron chi connectivity index (χ4n) is 4.82. The summed E-state index contributed by atoms with van der Waals surface area (Å²) in [6, 6.07) is 18.1. The van der Waals surface area contributed by atoms with E-state index in [1.54, 1.807) is 24.3 Å². The molecule has 1 aliphatic heterocycles. The van der Waals surface area contributed by atoms with Crippen LogP contribution in [-0.2, 0) is 33.8 Å². The monoisotopic (exact) mass is 581 g/mol. The Morgan fingerprint density at radius 2 is 1.71 bits per heavy atom. The molecular weight excluding hydrogens is 548 g/mol. The van der Waals surface area contributed by atoms with Gasteiger partial charge in [0.2, 0.25) is 11.8 Å². The van der Waals surface area contributed by atoms with Crippen molar-refractivity contribution in [3.8, 4) is 0 Å². The molecular formula is C31H33F2N3O4S. The highest BCUT2D eigenvalue weighted by Crippen LogP contribution is 2.30. The molecule has 0 aliphatic carbocycles. The highest BCUT2D eigenvalue weighted by atomic mass is 32.2. The lowest BCUT2D eigenvalue weighted by atomic mass is 9.99. The Hall–Kier alpha value is -3.76. The molecule has 7 nitrogen and oxygen atoms in total. The van der Waals surface area contributed by atoms with Crippen LogP contribution in [0.5, 0.6) is 0 Å². The van der Waals surface area contributed by atoms with Crippen molar-refractivity contribution in [1.29, 1.82) is 0 Å². The van der Waals surface area contributed by atoms with Crippen molar-refractivity contribution >= 4 is 29.5 Å². The number of nitrogens with one attached hydrogen (secondary N) is 2. The molecule has 0 saturated carbocycles. The highest BCUT2D eigenvalue weighted by Gasteiger charge is 2.43. The molecule has 0 spiro atoms. The van der Waals surface area contributed by atoms with Gasteiger partial charge in [0.1, 0.15) is 6.04 Å². The van der Waals surface area contributed by atoms with Crippen LogP contribution in [-0.4, -0.2) is 57.0 Å². The molecule has 0 radical (unpaired) electrons. The van der Waals surface area contributed by atoms with E-state index in [4.69, 9.17) is 0 Å². The second-order valence-corrected chi connectivity index (χ2v) is 11.5. The Kier molecular flexibility index (Phi) is 10.1. The number of nitrogens with zero attached hydrogens (tertiary/aromatic N) is 1. The molecule has 3 aromatic rings. The molecule has 4 atom stereocenters. The molecule has 1 aliphatic rings. The summed E-state index contributed by atoms with van der Waals surface area (Å²) in [5.41, 5.74) is 3.02. The van der Waals surface area contributed by atoms with Crippen LogP contribution in [0.25, 0.3) is 0 Å². The first-order valence-corrected chi connectivity index (χ1v) is 14.4. The van der Waals surface area contributed by atoms with Crippen LogP contribution in [0.1, 0.15) is 29.2 Å². The summed E-state index contributed by atoms with van der Waals surface area (Å²) >= 11 is 1.43. The van der Waals surface area contributed by atoms with Crippen molar-refractivity contribution in [2.24, 2.45) is 0 Å². The van der Waals surface area contributed by atoms with Gasteiger partial charge in [-0.2, -0.15) is 0 Å². The molecule has 1 saturated heterocycles. The van der Waals surface area contributed by atoms with E-state index in [-0.39, 0.29) is 35.4 Å². The maximum Gasteiger partial charge on any atom is 0.254 e. The zero-order chi connectivity index (χ0) is 29.5. The average Bonchev–Trinajstić information content (AvgIpc) is 3.35. The van der Waals surface area contributed by atoms with E-state index in [0.717, 1.165) is 28.8 Å². The molecule has 10 heteroatoms. The summed E-state index contributed by atoms with van der Waals surface area (Å²) in [7, 11) is 0. The zero-order valence-corrected chi connectivity index (χ0v) is 23.7. The lowest BCUT2D eigenvalue weighted by Crippen LogP contribution is -2.57. The Labute approximate surface area is 242 Å². The van der Waals surface area contributed by atoms with Crippen molar-refractivity contribution in [2.45, 2.75) is 56.7 Å². The van der Waals surface area contributed by atoms with Gasteiger partial charge < -0.3 is 20.6 Å². The van der Waals surface area contributed by atoms with Gasteiger partial charge in [-0.05, 0) is 47.7 Å². The number of aliphatic hydroxyl groups excluding tert-OH is 1. The SMILES string of the molecule is Cc1ccccc1CNC(=O)[C@@H]1C(C)SCN1C(=O)[C@@H](O)[C@H](Cc1ccccc1)NC(=O)Cc1ccc(F)c(F)c1. The first-order valence-electron chi connectivity index (χ1n) is 13.3. The quantitative estimate of drug-likeness (QED) is 0.341. The third-order valence-electron chi connectivity index (χ3n) is 7.15. The first kappa shape index (κ1) is 30.2. The van der Waals surface area contributed by atoms with Crippen LogP contribution in [0, 0.1) is 18.6 Å². The van der Waals surface area contributed by atoms with Gasteiger partial charge in [-0.1, -0.05) is 67.6 Å². The van der Waals surface area contributed by atoms with Gasteiger partial charge in [0.05, 0.1) is 18.3 Å². The summed E-state index contributed by atoms with van der Waals surface area (Å²) in [6.45, 7) is 4.11. The normalized spacial score (nSPS) is 18.0. The number of amides is 3. The molecule has 1 fully saturated rings. The molecule has 1 heterocycles. The second-order valence-electron chi connectivity index (χ2n) is 10.1. The fourth-order valence-corrected chi connectivity index (χ4v) is 5.95. The topological polar surface area (TPSA) is 98.7 Å². The maximum atomic E-state index is 13.7. The van der Waals surface area contributed by atoms with Crippen molar-refractivity contribution in [1.82, 2.24) is 15.5 Å². The minimum absolute atomic E-state index is 0.137. The van der Waals surface area contributed by atoms with Gasteiger partial charge >= 0.3 is 0 Å². The van der Waals surface area contributed by atoms with E-state index in [2.05, 4.69) is 10.6 Å². The Balaban J connectivity index is 1.48. The van der Waals surface area contributed by atoms with Gasteiger partial charge in [-0.15, -0.1) is 11.8 Å². The van der Waals surface area contributed by atoms with Crippen LogP contribution in [0.15, 0.2) is 72.8 Å². The molecule has 3 aromatic carbocycles. The number of halogens is 2. The standard InChI is InChI=1S/C31H33F2N3O4S/c1-19-8-6-7-11-23(19)17-34-30(39)28-20(2)41-18-36(28)31(40)29(38)26(15-21-9-4-3-5-10-21)35-27(37)16-22-12-13-24(32)25(33)14-22/h3-14,20,26,28-29,38H,15-18H2,1-2H3,(H,34,39)(H,35,37)/t20?,26-,28-,29-/m0/s1. The zero-order valence-electron chi connectivity index (χ0n) is 22.8. The van der Waals surface area contributed by atoms with Crippen LogP contribution >= 0.6 is 11.8 Å². The van der Waals surface area contributed by atoms with Crippen LogP contribution in [0.4, 0.5) is 8.78 Å². The summed E-state index contributed by atoms with van der Waals surface area (Å²) < 4.78 is 27.0. The largest absolute Gasteiger partial charge is 0.381 e. The maximum absolute atomic E-state index is 13.7. The van der Waals surface area contributed by atoms with Crippen molar-refractivity contribution in [3.63, 3.8) is 0 Å². The number of carbonyl (C=O) groups excluding carboxylic acids is 3. The van der Waals surface area contributed by atoms with Crippen LogP contribution < -0.4 is 10.6 Å². The predicted octanol–water partition coefficient (Wildman–Crippen LogP) is 3.51. The smallest absolute Gasteiger partial charge is 0.254 e. The van der Waals surface area contributed by atoms with Crippen molar-refractivity contribution in [3.05, 3.63) is 107 Å². The molecule has 1 unspecified atom stereocenters. The van der Waals surface area contributed by atoms with E-state index in [1.165, 1.54) is 22.7 Å². The Morgan fingerprint density at radius 3 is 2.41 bits per heavy atom. The van der Waals surface area contributed by atoms with Gasteiger partial charge in [0.15, 0.2) is 17.7 Å². The number of aryl methyl sites for hydroxylation is 1. The van der Waals surface area contributed by atoms with Gasteiger partial charge in [-0.25, -0.2) is 8.78 Å². The number of hydrogen-bond donors (Lipinski definition) is 3. The van der Waals surface area contributed by atoms with Crippen molar-refractivity contribution < 1.29 is 28.3 Å². The molecule has 216 valence electrons. The number of aliphatic hydroxyl groups is 1. The lowest BCUT2D eigenvalue weighted by Gasteiger charge is -2.30. The molecule has 3 amide bonds. The molecule has 0 aromatic heterocycles. The van der Waals surface area contributed by atoms with Crippen LogP contribution in [0.2, 0.25) is 0 Å². The number of hydrogen-bond acceptors (Lipinski definition) is 5. The summed E-state index contributed by atoms with van der Waals surface area (Å²) in [5.74, 6) is -3.45. The summed E-state index contributed by atoms with van der Waals surface area (Å²) in [4.78, 5) is 41.1. The predicted molar refractivity (Wildman–Crippen MR) is 154 cm³/mol. The van der Waals surface area contributed by atoms with E-state index in [0.29, 0.717) is 6.54 Å². The van der Waals surface area contributed by atoms with E-state index >= 15 is 0 Å².